The van der Waals surface area contributed by atoms with Crippen LogP contribution in [-0.4, -0.2) is 6.54 Å². The van der Waals surface area contributed by atoms with Crippen molar-refractivity contribution in [3.8, 4) is 11.5 Å². The van der Waals surface area contributed by atoms with Crippen molar-refractivity contribution in [2.75, 3.05) is 6.54 Å². The van der Waals surface area contributed by atoms with Crippen LogP contribution in [0.15, 0.2) is 46.9 Å². The smallest absolute Gasteiger partial charge is 0.130 e. The highest BCUT2D eigenvalue weighted by atomic mass is 79.9. The zero-order valence-electron chi connectivity index (χ0n) is 9.70. The first-order valence-corrected chi connectivity index (χ1v) is 6.40. The van der Waals surface area contributed by atoms with Gasteiger partial charge in [-0.25, -0.2) is 4.39 Å². The molecule has 0 aliphatic heterocycles. The van der Waals surface area contributed by atoms with Gasteiger partial charge in [0.1, 0.15) is 17.3 Å². The first kappa shape index (κ1) is 13.1. The van der Waals surface area contributed by atoms with E-state index in [2.05, 4.69) is 15.9 Å². The van der Waals surface area contributed by atoms with Crippen molar-refractivity contribution in [3.63, 3.8) is 0 Å². The molecule has 2 rings (SSSR count). The van der Waals surface area contributed by atoms with Crippen molar-refractivity contribution in [3.05, 3.63) is 58.3 Å². The summed E-state index contributed by atoms with van der Waals surface area (Å²) in [6.45, 7) is 0.458. The van der Waals surface area contributed by atoms with Gasteiger partial charge >= 0.3 is 0 Å². The lowest BCUT2D eigenvalue weighted by molar-refractivity contribution is 0.473. The number of ether oxygens (including phenoxy) is 1. The Balaban J connectivity index is 2.25. The Morgan fingerprint density at radius 3 is 2.50 bits per heavy atom. The highest BCUT2D eigenvalue weighted by molar-refractivity contribution is 9.10. The van der Waals surface area contributed by atoms with Gasteiger partial charge in [-0.05, 0) is 61.0 Å². The Labute approximate surface area is 114 Å². The molecule has 0 amide bonds. The quantitative estimate of drug-likeness (QED) is 0.930. The minimum atomic E-state index is -0.276. The Morgan fingerprint density at radius 1 is 1.11 bits per heavy atom. The molecule has 0 spiro atoms. The van der Waals surface area contributed by atoms with E-state index in [0.29, 0.717) is 24.5 Å². The van der Waals surface area contributed by atoms with Crippen molar-refractivity contribution in [1.29, 1.82) is 0 Å². The highest BCUT2D eigenvalue weighted by Gasteiger charge is 2.06. The van der Waals surface area contributed by atoms with E-state index in [1.54, 1.807) is 6.07 Å². The molecule has 2 N–H and O–H groups in total. The first-order chi connectivity index (χ1) is 8.69. The number of halogens is 2. The molecule has 0 saturated carbocycles. The van der Waals surface area contributed by atoms with Crippen LogP contribution in [0.4, 0.5) is 4.39 Å². The molecule has 4 heteroatoms. The third kappa shape index (κ3) is 3.31. The lowest BCUT2D eigenvalue weighted by Crippen LogP contribution is -2.04. The molecule has 94 valence electrons. The summed E-state index contributed by atoms with van der Waals surface area (Å²) in [6.07, 6.45) is 0.587. The summed E-state index contributed by atoms with van der Waals surface area (Å²) in [7, 11) is 0. The molecule has 0 fully saturated rings. The van der Waals surface area contributed by atoms with E-state index in [1.807, 2.05) is 24.3 Å². The lowest BCUT2D eigenvalue weighted by atomic mass is 10.1. The molecule has 2 nitrogen and oxygen atoms in total. The van der Waals surface area contributed by atoms with Gasteiger partial charge in [0, 0.05) is 4.47 Å². The maximum atomic E-state index is 13.2. The number of hydrogen-bond donors (Lipinski definition) is 1. The zero-order chi connectivity index (χ0) is 13.0. The first-order valence-electron chi connectivity index (χ1n) is 5.61. The van der Waals surface area contributed by atoms with Gasteiger partial charge < -0.3 is 10.5 Å². The third-order valence-electron chi connectivity index (χ3n) is 2.48. The Bertz CT molecular complexity index is 528. The van der Waals surface area contributed by atoms with E-state index in [-0.39, 0.29) is 5.82 Å². The van der Waals surface area contributed by atoms with Gasteiger partial charge in [0.05, 0.1) is 0 Å². The number of nitrogens with two attached hydrogens (primary N) is 1. The van der Waals surface area contributed by atoms with E-state index >= 15 is 0 Å². The second kappa shape index (κ2) is 5.98. The van der Waals surface area contributed by atoms with Crippen LogP contribution < -0.4 is 10.5 Å². The van der Waals surface area contributed by atoms with Crippen molar-refractivity contribution < 1.29 is 9.13 Å². The molecule has 0 bridgehead atoms. The summed E-state index contributed by atoms with van der Waals surface area (Å²) in [5.74, 6) is 1.08. The number of hydrogen-bond acceptors (Lipinski definition) is 2. The van der Waals surface area contributed by atoms with Gasteiger partial charge in [0.15, 0.2) is 0 Å². The molecular weight excluding hydrogens is 297 g/mol. The topological polar surface area (TPSA) is 35.2 Å². The molecule has 0 heterocycles. The van der Waals surface area contributed by atoms with Crippen LogP contribution in [0.3, 0.4) is 0 Å². The standard InChI is InChI=1S/C14H13BrFNO/c15-11-1-4-13(5-2-11)18-14-6-3-12(16)9-10(14)7-8-17/h1-6,9H,7-8,17H2. The fourth-order valence-electron chi connectivity index (χ4n) is 1.63. The van der Waals surface area contributed by atoms with Gasteiger partial charge in [-0.2, -0.15) is 0 Å². The van der Waals surface area contributed by atoms with Crippen LogP contribution >= 0.6 is 15.9 Å². The molecule has 0 aliphatic rings. The van der Waals surface area contributed by atoms with Crippen LogP contribution in [0.1, 0.15) is 5.56 Å². The average Bonchev–Trinajstić information content (AvgIpc) is 2.36. The van der Waals surface area contributed by atoms with Crippen molar-refractivity contribution >= 4 is 15.9 Å². The van der Waals surface area contributed by atoms with Crippen LogP contribution in [0.5, 0.6) is 11.5 Å². The SMILES string of the molecule is NCCc1cc(F)ccc1Oc1ccc(Br)cc1. The summed E-state index contributed by atoms with van der Waals surface area (Å²) in [5, 5.41) is 0. The minimum Gasteiger partial charge on any atom is -0.457 e. The van der Waals surface area contributed by atoms with E-state index in [0.717, 1.165) is 10.0 Å². The summed E-state index contributed by atoms with van der Waals surface area (Å²) in [6, 6.07) is 11.9. The molecular formula is C14H13BrFNO. The van der Waals surface area contributed by atoms with Crippen LogP contribution in [-0.2, 0) is 6.42 Å². The van der Waals surface area contributed by atoms with Gasteiger partial charge in [-0.1, -0.05) is 15.9 Å². The second-order valence-corrected chi connectivity index (χ2v) is 4.76. The summed E-state index contributed by atoms with van der Waals surface area (Å²) in [5.41, 5.74) is 6.29. The van der Waals surface area contributed by atoms with Crippen LogP contribution in [0, 0.1) is 5.82 Å². The fourth-order valence-corrected chi connectivity index (χ4v) is 1.89. The number of benzene rings is 2. The number of rotatable bonds is 4. The van der Waals surface area contributed by atoms with Gasteiger partial charge in [0.25, 0.3) is 0 Å². The molecule has 0 atom stereocenters. The van der Waals surface area contributed by atoms with E-state index < -0.39 is 0 Å². The minimum absolute atomic E-state index is 0.276. The molecule has 0 radical (unpaired) electrons. The second-order valence-electron chi connectivity index (χ2n) is 3.85. The average molecular weight is 310 g/mol. The Morgan fingerprint density at radius 2 is 1.83 bits per heavy atom. The molecule has 2 aromatic carbocycles. The molecule has 18 heavy (non-hydrogen) atoms. The van der Waals surface area contributed by atoms with Gasteiger partial charge in [-0.3, -0.25) is 0 Å². The predicted molar refractivity (Wildman–Crippen MR) is 73.4 cm³/mol. The van der Waals surface area contributed by atoms with Crippen LogP contribution in [0.25, 0.3) is 0 Å². The van der Waals surface area contributed by atoms with E-state index in [9.17, 15) is 4.39 Å². The van der Waals surface area contributed by atoms with Crippen molar-refractivity contribution in [2.24, 2.45) is 5.73 Å². The normalized spacial score (nSPS) is 10.4. The largest absolute Gasteiger partial charge is 0.457 e. The summed E-state index contributed by atoms with van der Waals surface area (Å²) >= 11 is 3.36. The highest BCUT2D eigenvalue weighted by Crippen LogP contribution is 2.27. The zero-order valence-corrected chi connectivity index (χ0v) is 11.3. The Kier molecular flexibility index (Phi) is 4.33. The van der Waals surface area contributed by atoms with E-state index in [4.69, 9.17) is 10.5 Å². The van der Waals surface area contributed by atoms with Gasteiger partial charge in [0.2, 0.25) is 0 Å². The summed E-state index contributed by atoms with van der Waals surface area (Å²) in [4.78, 5) is 0. The maximum Gasteiger partial charge on any atom is 0.130 e. The Hall–Kier alpha value is -1.39. The third-order valence-corrected chi connectivity index (χ3v) is 3.01. The van der Waals surface area contributed by atoms with Crippen molar-refractivity contribution in [1.82, 2.24) is 0 Å². The summed E-state index contributed by atoms with van der Waals surface area (Å²) < 4.78 is 19.9. The molecule has 0 saturated heterocycles. The molecule has 0 aromatic heterocycles. The fraction of sp³-hybridized carbons (Fsp3) is 0.143. The lowest BCUT2D eigenvalue weighted by Gasteiger charge is -2.10. The molecule has 0 aliphatic carbocycles. The van der Waals surface area contributed by atoms with E-state index in [1.165, 1.54) is 12.1 Å². The monoisotopic (exact) mass is 309 g/mol. The van der Waals surface area contributed by atoms with Crippen LogP contribution in [0.2, 0.25) is 0 Å². The predicted octanol–water partition coefficient (Wildman–Crippen LogP) is 3.88. The van der Waals surface area contributed by atoms with Crippen molar-refractivity contribution in [2.45, 2.75) is 6.42 Å². The maximum absolute atomic E-state index is 13.2. The van der Waals surface area contributed by atoms with Gasteiger partial charge in [-0.15, -0.1) is 0 Å². The molecule has 2 aromatic rings. The molecule has 0 unspecified atom stereocenters.